The lowest BCUT2D eigenvalue weighted by Crippen LogP contribution is -2.34. The fourth-order valence-electron chi connectivity index (χ4n) is 1.50. The molecule has 0 atom stereocenters. The summed E-state index contributed by atoms with van der Waals surface area (Å²) in [6.45, 7) is 5.64. The molecule has 0 aromatic carbocycles. The summed E-state index contributed by atoms with van der Waals surface area (Å²) in [5.74, 6) is 0.803. The SMILES string of the molecule is Cn1cc(Br)nc1C1OCC(C)(C)CO1. The molecule has 1 fully saturated rings. The molecule has 84 valence electrons. The van der Waals surface area contributed by atoms with Crippen LogP contribution in [-0.4, -0.2) is 22.8 Å². The van der Waals surface area contributed by atoms with Gasteiger partial charge in [-0.05, 0) is 15.9 Å². The Kier molecular flexibility index (Phi) is 2.87. The summed E-state index contributed by atoms with van der Waals surface area (Å²) in [5.41, 5.74) is 0.0961. The van der Waals surface area contributed by atoms with E-state index in [0.717, 1.165) is 10.4 Å². The third-order valence-corrected chi connectivity index (χ3v) is 2.73. The lowest BCUT2D eigenvalue weighted by molar-refractivity contribution is -0.230. The van der Waals surface area contributed by atoms with E-state index >= 15 is 0 Å². The maximum Gasteiger partial charge on any atom is 0.217 e. The number of nitrogens with zero attached hydrogens (tertiary/aromatic N) is 2. The van der Waals surface area contributed by atoms with Crippen LogP contribution >= 0.6 is 15.9 Å². The zero-order valence-electron chi connectivity index (χ0n) is 9.16. The Morgan fingerprint density at radius 3 is 2.53 bits per heavy atom. The first-order valence-electron chi connectivity index (χ1n) is 4.90. The molecule has 1 saturated heterocycles. The number of hydrogen-bond donors (Lipinski definition) is 0. The van der Waals surface area contributed by atoms with E-state index in [-0.39, 0.29) is 11.7 Å². The Hall–Kier alpha value is -0.390. The van der Waals surface area contributed by atoms with E-state index in [2.05, 4.69) is 34.8 Å². The van der Waals surface area contributed by atoms with Crippen molar-refractivity contribution in [2.24, 2.45) is 12.5 Å². The van der Waals surface area contributed by atoms with Gasteiger partial charge in [-0.15, -0.1) is 0 Å². The van der Waals surface area contributed by atoms with Gasteiger partial charge >= 0.3 is 0 Å². The summed E-state index contributed by atoms with van der Waals surface area (Å²) in [7, 11) is 1.93. The number of halogens is 1. The zero-order chi connectivity index (χ0) is 11.1. The highest BCUT2D eigenvalue weighted by Crippen LogP contribution is 2.30. The first-order valence-corrected chi connectivity index (χ1v) is 5.69. The number of aromatic nitrogens is 2. The third kappa shape index (κ3) is 2.41. The minimum Gasteiger partial charge on any atom is -0.345 e. The molecule has 0 saturated carbocycles. The van der Waals surface area contributed by atoms with Gasteiger partial charge in [-0.3, -0.25) is 0 Å². The van der Waals surface area contributed by atoms with E-state index in [1.54, 1.807) is 0 Å². The fraction of sp³-hybridized carbons (Fsp3) is 0.700. The van der Waals surface area contributed by atoms with Gasteiger partial charge in [0.05, 0.1) is 13.2 Å². The average molecular weight is 275 g/mol. The van der Waals surface area contributed by atoms with Gasteiger partial charge in [0.2, 0.25) is 6.29 Å². The van der Waals surface area contributed by atoms with Gasteiger partial charge in [-0.1, -0.05) is 13.8 Å². The second kappa shape index (κ2) is 3.88. The van der Waals surface area contributed by atoms with Crippen LogP contribution in [0.15, 0.2) is 10.8 Å². The molecule has 5 heteroatoms. The highest BCUT2D eigenvalue weighted by molar-refractivity contribution is 9.10. The summed E-state index contributed by atoms with van der Waals surface area (Å²) >= 11 is 3.33. The van der Waals surface area contributed by atoms with E-state index in [1.807, 2.05) is 17.8 Å². The molecule has 0 bridgehead atoms. The molecule has 1 aliphatic heterocycles. The number of rotatable bonds is 1. The van der Waals surface area contributed by atoms with Crippen LogP contribution < -0.4 is 0 Å². The van der Waals surface area contributed by atoms with Crippen LogP contribution in [0.2, 0.25) is 0 Å². The minimum atomic E-state index is -0.339. The molecule has 4 nitrogen and oxygen atoms in total. The van der Waals surface area contributed by atoms with Crippen LogP contribution in [0.25, 0.3) is 0 Å². The van der Waals surface area contributed by atoms with Crippen molar-refractivity contribution < 1.29 is 9.47 Å². The van der Waals surface area contributed by atoms with Crippen molar-refractivity contribution in [2.45, 2.75) is 20.1 Å². The summed E-state index contributed by atoms with van der Waals surface area (Å²) < 4.78 is 14.0. The minimum absolute atomic E-state index is 0.0961. The number of aryl methyl sites for hydroxylation is 1. The molecule has 0 spiro atoms. The van der Waals surface area contributed by atoms with Crippen LogP contribution in [0.3, 0.4) is 0 Å². The molecule has 1 aromatic rings. The van der Waals surface area contributed by atoms with Crippen molar-refractivity contribution in [1.82, 2.24) is 9.55 Å². The van der Waals surface area contributed by atoms with Gasteiger partial charge in [0.25, 0.3) is 0 Å². The van der Waals surface area contributed by atoms with Crippen LogP contribution in [0, 0.1) is 5.41 Å². The van der Waals surface area contributed by atoms with Crippen LogP contribution in [0.1, 0.15) is 26.0 Å². The van der Waals surface area contributed by atoms with Gasteiger partial charge in [0, 0.05) is 18.7 Å². The molecule has 1 aliphatic rings. The van der Waals surface area contributed by atoms with Gasteiger partial charge in [0.15, 0.2) is 5.82 Å². The third-order valence-electron chi connectivity index (χ3n) is 2.34. The van der Waals surface area contributed by atoms with Crippen LogP contribution in [0.5, 0.6) is 0 Å². The topological polar surface area (TPSA) is 36.3 Å². The molecule has 15 heavy (non-hydrogen) atoms. The first kappa shape index (κ1) is 11.1. The Bertz CT molecular complexity index is 352. The Labute approximate surface area is 97.7 Å². The predicted molar refractivity (Wildman–Crippen MR) is 59.3 cm³/mol. The van der Waals surface area contributed by atoms with Crippen molar-refractivity contribution in [3.63, 3.8) is 0 Å². The Morgan fingerprint density at radius 1 is 1.47 bits per heavy atom. The monoisotopic (exact) mass is 274 g/mol. The van der Waals surface area contributed by atoms with Crippen LogP contribution in [0.4, 0.5) is 0 Å². The zero-order valence-corrected chi connectivity index (χ0v) is 10.7. The maximum absolute atomic E-state index is 5.65. The molecular weight excluding hydrogens is 260 g/mol. The number of hydrogen-bond acceptors (Lipinski definition) is 3. The Morgan fingerprint density at radius 2 is 2.07 bits per heavy atom. The van der Waals surface area contributed by atoms with Crippen molar-refractivity contribution in [2.75, 3.05) is 13.2 Å². The molecular formula is C10H15BrN2O2. The van der Waals surface area contributed by atoms with E-state index in [4.69, 9.17) is 9.47 Å². The molecule has 2 heterocycles. The molecule has 2 rings (SSSR count). The smallest absolute Gasteiger partial charge is 0.217 e. The average Bonchev–Trinajstić information content (AvgIpc) is 2.45. The van der Waals surface area contributed by atoms with Gasteiger partial charge in [0.1, 0.15) is 4.60 Å². The van der Waals surface area contributed by atoms with Crippen molar-refractivity contribution in [1.29, 1.82) is 0 Å². The van der Waals surface area contributed by atoms with Gasteiger partial charge in [-0.25, -0.2) is 4.98 Å². The number of ether oxygens (including phenoxy) is 2. The molecule has 0 amide bonds. The summed E-state index contributed by atoms with van der Waals surface area (Å²) in [6, 6.07) is 0. The highest BCUT2D eigenvalue weighted by Gasteiger charge is 2.31. The molecule has 0 aliphatic carbocycles. The van der Waals surface area contributed by atoms with Crippen molar-refractivity contribution in [3.05, 3.63) is 16.6 Å². The Balaban J connectivity index is 2.11. The predicted octanol–water partition coefficient (Wildman–Crippen LogP) is 2.25. The van der Waals surface area contributed by atoms with Gasteiger partial charge in [-0.2, -0.15) is 0 Å². The van der Waals surface area contributed by atoms with E-state index < -0.39 is 0 Å². The van der Waals surface area contributed by atoms with Gasteiger partial charge < -0.3 is 14.0 Å². The van der Waals surface area contributed by atoms with Crippen LogP contribution in [-0.2, 0) is 16.5 Å². The summed E-state index contributed by atoms with van der Waals surface area (Å²) in [6.07, 6.45) is 1.55. The normalized spacial score (nSPS) is 21.9. The molecule has 1 aromatic heterocycles. The van der Waals surface area contributed by atoms with Crippen molar-refractivity contribution in [3.8, 4) is 0 Å². The quantitative estimate of drug-likeness (QED) is 0.788. The second-order valence-electron chi connectivity index (χ2n) is 4.65. The highest BCUT2D eigenvalue weighted by atomic mass is 79.9. The van der Waals surface area contributed by atoms with E-state index in [0.29, 0.717) is 13.2 Å². The van der Waals surface area contributed by atoms with Crippen molar-refractivity contribution >= 4 is 15.9 Å². The van der Waals surface area contributed by atoms with E-state index in [9.17, 15) is 0 Å². The number of imidazole rings is 1. The largest absolute Gasteiger partial charge is 0.345 e. The first-order chi connectivity index (χ1) is 6.98. The fourth-order valence-corrected chi connectivity index (χ4v) is 1.99. The lowest BCUT2D eigenvalue weighted by atomic mass is 9.96. The second-order valence-corrected chi connectivity index (χ2v) is 5.46. The molecule has 0 radical (unpaired) electrons. The van der Waals surface area contributed by atoms with E-state index in [1.165, 1.54) is 0 Å². The lowest BCUT2D eigenvalue weighted by Gasteiger charge is -2.34. The maximum atomic E-state index is 5.65. The molecule has 0 unspecified atom stereocenters. The summed E-state index contributed by atoms with van der Waals surface area (Å²) in [4.78, 5) is 4.31. The summed E-state index contributed by atoms with van der Waals surface area (Å²) in [5, 5.41) is 0. The molecule has 0 N–H and O–H groups in total. The standard InChI is InChI=1S/C10H15BrN2O2/c1-10(2)5-14-9(15-6-10)8-12-7(11)4-13(8)3/h4,9H,5-6H2,1-3H3.